The molecule has 0 fully saturated rings. The third-order valence-electron chi connectivity index (χ3n) is 2.97. The number of esters is 1. The number of anilines is 1. The molecule has 0 radical (unpaired) electrons. The lowest BCUT2D eigenvalue weighted by Crippen LogP contribution is -2.11. The van der Waals surface area contributed by atoms with Crippen LogP contribution in [-0.4, -0.2) is 13.1 Å². The molecule has 1 unspecified atom stereocenters. The second-order valence-electron chi connectivity index (χ2n) is 4.55. The summed E-state index contributed by atoms with van der Waals surface area (Å²) in [7, 11) is 1.40. The first-order valence-corrected chi connectivity index (χ1v) is 7.83. The lowest BCUT2D eigenvalue weighted by molar-refractivity contribution is 0.0601. The Balaban J connectivity index is 2.26. The number of thiophene rings is 1. The highest BCUT2D eigenvalue weighted by Crippen LogP contribution is 2.30. The van der Waals surface area contributed by atoms with E-state index in [4.69, 9.17) is 4.74 Å². The van der Waals surface area contributed by atoms with E-state index >= 15 is 0 Å². The number of carbonyl (C=O) groups excluding carboxylic acids is 1. The van der Waals surface area contributed by atoms with Crippen LogP contribution in [-0.2, 0) is 4.74 Å². The quantitative estimate of drug-likeness (QED) is 0.803. The van der Waals surface area contributed by atoms with Crippen LogP contribution in [0.2, 0.25) is 0 Å². The second-order valence-corrected chi connectivity index (χ2v) is 7.04. The van der Waals surface area contributed by atoms with Crippen LogP contribution in [0, 0.1) is 6.92 Å². The van der Waals surface area contributed by atoms with E-state index in [1.54, 1.807) is 11.3 Å². The van der Waals surface area contributed by atoms with Gasteiger partial charge in [-0.2, -0.15) is 0 Å². The molecule has 2 aromatic rings. The Morgan fingerprint density at radius 2 is 2.10 bits per heavy atom. The van der Waals surface area contributed by atoms with Gasteiger partial charge < -0.3 is 10.1 Å². The van der Waals surface area contributed by atoms with Crippen LogP contribution in [0.15, 0.2) is 34.1 Å². The minimum absolute atomic E-state index is 0.123. The van der Waals surface area contributed by atoms with E-state index in [0.717, 1.165) is 15.0 Å². The van der Waals surface area contributed by atoms with Crippen LogP contribution in [0.1, 0.15) is 33.8 Å². The van der Waals surface area contributed by atoms with Gasteiger partial charge in [0.1, 0.15) is 0 Å². The molecule has 0 saturated heterocycles. The fourth-order valence-electron chi connectivity index (χ4n) is 1.93. The van der Waals surface area contributed by atoms with Crippen molar-refractivity contribution in [1.82, 2.24) is 0 Å². The molecule has 0 aliphatic heterocycles. The maximum atomic E-state index is 11.8. The number of aryl methyl sites for hydroxylation is 1. The molecule has 0 bridgehead atoms. The van der Waals surface area contributed by atoms with Crippen molar-refractivity contribution in [1.29, 1.82) is 0 Å². The maximum absolute atomic E-state index is 11.8. The van der Waals surface area contributed by atoms with E-state index in [1.165, 1.54) is 12.0 Å². The summed E-state index contributed by atoms with van der Waals surface area (Å²) in [6, 6.07) is 9.95. The molecule has 0 aliphatic carbocycles. The highest BCUT2D eigenvalue weighted by atomic mass is 79.9. The third kappa shape index (κ3) is 3.41. The lowest BCUT2D eigenvalue weighted by Gasteiger charge is -2.16. The Kier molecular flexibility index (Phi) is 4.83. The number of halogens is 1. The van der Waals surface area contributed by atoms with Gasteiger partial charge in [-0.15, -0.1) is 11.3 Å². The van der Waals surface area contributed by atoms with Crippen LogP contribution in [0.5, 0.6) is 0 Å². The smallest absolute Gasteiger partial charge is 0.339 e. The average Bonchev–Trinajstić information content (AvgIpc) is 2.86. The molecule has 1 aromatic heterocycles. The first-order valence-electron chi connectivity index (χ1n) is 6.22. The van der Waals surface area contributed by atoms with Gasteiger partial charge in [-0.3, -0.25) is 0 Å². The van der Waals surface area contributed by atoms with E-state index in [0.29, 0.717) is 5.56 Å². The van der Waals surface area contributed by atoms with Crippen molar-refractivity contribution in [2.45, 2.75) is 19.9 Å². The molecule has 0 amide bonds. The fourth-order valence-corrected chi connectivity index (χ4v) is 3.35. The van der Waals surface area contributed by atoms with E-state index in [9.17, 15) is 4.79 Å². The van der Waals surface area contributed by atoms with Gasteiger partial charge in [0.25, 0.3) is 0 Å². The number of methoxy groups -OCH3 is 1. The molecule has 1 N–H and O–H groups in total. The van der Waals surface area contributed by atoms with E-state index in [-0.39, 0.29) is 12.0 Å². The second kappa shape index (κ2) is 6.41. The number of nitrogens with one attached hydrogen (secondary N) is 1. The lowest BCUT2D eigenvalue weighted by atomic mass is 10.1. The predicted octanol–water partition coefficient (Wildman–Crippen LogP) is 4.78. The number of hydrogen-bond acceptors (Lipinski definition) is 4. The molecular formula is C15H16BrNO2S. The highest BCUT2D eigenvalue weighted by Gasteiger charge is 2.15. The van der Waals surface area contributed by atoms with Crippen molar-refractivity contribution >= 4 is 38.9 Å². The number of benzene rings is 1. The van der Waals surface area contributed by atoms with Crippen molar-refractivity contribution in [3.63, 3.8) is 0 Å². The minimum Gasteiger partial charge on any atom is -0.465 e. The van der Waals surface area contributed by atoms with Gasteiger partial charge in [0.15, 0.2) is 0 Å². The third-order valence-corrected chi connectivity index (χ3v) is 4.78. The molecule has 106 valence electrons. The van der Waals surface area contributed by atoms with Gasteiger partial charge in [-0.05, 0) is 54.0 Å². The van der Waals surface area contributed by atoms with Crippen molar-refractivity contribution in [3.8, 4) is 0 Å². The van der Waals surface area contributed by atoms with Gasteiger partial charge in [-0.1, -0.05) is 11.6 Å². The summed E-state index contributed by atoms with van der Waals surface area (Å²) in [5, 5.41) is 3.37. The van der Waals surface area contributed by atoms with E-state index in [1.807, 2.05) is 31.2 Å². The van der Waals surface area contributed by atoms with Crippen LogP contribution in [0.25, 0.3) is 0 Å². The fraction of sp³-hybridized carbons (Fsp3) is 0.267. The number of rotatable bonds is 4. The number of carbonyl (C=O) groups is 1. The van der Waals surface area contributed by atoms with E-state index in [2.05, 4.69) is 34.2 Å². The zero-order valence-corrected chi connectivity index (χ0v) is 14.0. The molecule has 1 atom stereocenters. The normalized spacial score (nSPS) is 12.0. The number of ether oxygens (including phenoxy) is 1. The molecule has 3 nitrogen and oxygen atoms in total. The number of hydrogen-bond donors (Lipinski definition) is 1. The van der Waals surface area contributed by atoms with Crippen LogP contribution in [0.4, 0.5) is 5.69 Å². The zero-order valence-electron chi connectivity index (χ0n) is 11.6. The van der Waals surface area contributed by atoms with Crippen LogP contribution >= 0.6 is 27.3 Å². The van der Waals surface area contributed by atoms with Crippen molar-refractivity contribution in [3.05, 3.63) is 50.1 Å². The summed E-state index contributed by atoms with van der Waals surface area (Å²) >= 11 is 5.14. The topological polar surface area (TPSA) is 38.3 Å². The first-order chi connectivity index (χ1) is 9.51. The Labute approximate surface area is 131 Å². The van der Waals surface area contributed by atoms with Crippen molar-refractivity contribution in [2.75, 3.05) is 12.4 Å². The summed E-state index contributed by atoms with van der Waals surface area (Å²) in [6.07, 6.45) is 0. The Hall–Kier alpha value is -1.33. The predicted molar refractivity (Wildman–Crippen MR) is 86.6 cm³/mol. The molecule has 1 heterocycles. The molecule has 0 saturated carbocycles. The monoisotopic (exact) mass is 353 g/mol. The maximum Gasteiger partial charge on any atom is 0.339 e. The Bertz CT molecular complexity index is 624. The van der Waals surface area contributed by atoms with Gasteiger partial charge in [-0.25, -0.2) is 4.79 Å². The SMILES string of the molecule is COC(=O)c1cc(C)ccc1NC(C)c1ccc(Br)s1. The first kappa shape index (κ1) is 15.1. The molecule has 0 spiro atoms. The van der Waals surface area contributed by atoms with Gasteiger partial charge >= 0.3 is 5.97 Å². The molecule has 20 heavy (non-hydrogen) atoms. The standard InChI is InChI=1S/C15H16BrNO2S/c1-9-4-5-12(11(8-9)15(18)19-3)17-10(2)13-6-7-14(16)20-13/h4-8,10,17H,1-3H3. The Morgan fingerprint density at radius 1 is 1.35 bits per heavy atom. The summed E-state index contributed by atoms with van der Waals surface area (Å²) in [5.74, 6) is -0.323. The molecule has 2 rings (SSSR count). The molecule has 0 aliphatic rings. The van der Waals surface area contributed by atoms with E-state index < -0.39 is 0 Å². The summed E-state index contributed by atoms with van der Waals surface area (Å²) < 4.78 is 5.94. The zero-order chi connectivity index (χ0) is 14.7. The van der Waals surface area contributed by atoms with Gasteiger partial charge in [0.2, 0.25) is 0 Å². The molecule has 1 aromatic carbocycles. The Morgan fingerprint density at radius 3 is 2.70 bits per heavy atom. The summed E-state index contributed by atoms with van der Waals surface area (Å²) in [6.45, 7) is 4.02. The molecule has 5 heteroatoms. The summed E-state index contributed by atoms with van der Waals surface area (Å²) in [4.78, 5) is 13.0. The summed E-state index contributed by atoms with van der Waals surface area (Å²) in [5.41, 5.74) is 2.39. The van der Waals surface area contributed by atoms with Crippen LogP contribution < -0.4 is 5.32 Å². The average molecular weight is 354 g/mol. The minimum atomic E-state index is -0.323. The van der Waals surface area contributed by atoms with Crippen molar-refractivity contribution in [2.24, 2.45) is 0 Å². The van der Waals surface area contributed by atoms with Crippen molar-refractivity contribution < 1.29 is 9.53 Å². The highest BCUT2D eigenvalue weighted by molar-refractivity contribution is 9.11. The van der Waals surface area contributed by atoms with Gasteiger partial charge in [0.05, 0.1) is 22.5 Å². The largest absolute Gasteiger partial charge is 0.465 e. The van der Waals surface area contributed by atoms with Crippen LogP contribution in [0.3, 0.4) is 0 Å². The molecular weight excluding hydrogens is 338 g/mol. The van der Waals surface area contributed by atoms with Gasteiger partial charge in [0, 0.05) is 10.6 Å².